The van der Waals surface area contributed by atoms with Crippen LogP contribution in [0.15, 0.2) is 0 Å². The molecule has 1 aliphatic carbocycles. The molecule has 0 aliphatic heterocycles. The normalized spacial score (nSPS) is 20.4. The number of alkyl halides is 1. The highest BCUT2D eigenvalue weighted by atomic mass is 35.5. The van der Waals surface area contributed by atoms with Gasteiger partial charge in [0.15, 0.2) is 0 Å². The second-order valence-corrected chi connectivity index (χ2v) is 7.27. The predicted octanol–water partition coefficient (Wildman–Crippen LogP) is 2.89. The Labute approximate surface area is 110 Å². The maximum Gasteiger partial charge on any atom is 0.211 e. The van der Waals surface area contributed by atoms with Crippen LogP contribution >= 0.6 is 11.6 Å². The molecule has 5 heteroatoms. The molecule has 17 heavy (non-hydrogen) atoms. The van der Waals surface area contributed by atoms with Gasteiger partial charge in [-0.15, -0.1) is 11.6 Å². The molecular formula is C12H24ClNO2S. The molecular weight excluding hydrogens is 258 g/mol. The van der Waals surface area contributed by atoms with Gasteiger partial charge in [0.25, 0.3) is 0 Å². The van der Waals surface area contributed by atoms with Crippen LogP contribution in [0.25, 0.3) is 0 Å². The average molecular weight is 282 g/mol. The summed E-state index contributed by atoms with van der Waals surface area (Å²) in [7, 11) is -3.11. The van der Waals surface area contributed by atoms with Gasteiger partial charge in [0.2, 0.25) is 10.0 Å². The first kappa shape index (κ1) is 15.3. The van der Waals surface area contributed by atoms with Crippen LogP contribution in [0.1, 0.15) is 51.9 Å². The van der Waals surface area contributed by atoms with Crippen LogP contribution in [0.3, 0.4) is 0 Å². The fourth-order valence-corrected chi connectivity index (χ4v) is 4.11. The Kier molecular flexibility index (Phi) is 6.82. The van der Waals surface area contributed by atoms with Gasteiger partial charge >= 0.3 is 0 Å². The van der Waals surface area contributed by atoms with Crippen LogP contribution in [-0.4, -0.2) is 26.1 Å². The molecule has 0 aromatic rings. The summed E-state index contributed by atoms with van der Waals surface area (Å²) in [6, 6.07) is 0.0799. The monoisotopic (exact) mass is 281 g/mol. The summed E-state index contributed by atoms with van der Waals surface area (Å²) in [5.41, 5.74) is 0. The maximum atomic E-state index is 11.8. The first-order chi connectivity index (χ1) is 8.05. The van der Waals surface area contributed by atoms with E-state index < -0.39 is 10.0 Å². The Balaban J connectivity index is 2.34. The molecule has 0 amide bonds. The summed E-state index contributed by atoms with van der Waals surface area (Å²) in [5, 5.41) is 0. The minimum atomic E-state index is -3.11. The molecule has 1 atom stereocenters. The summed E-state index contributed by atoms with van der Waals surface area (Å²) in [6.07, 6.45) is 7.50. The van der Waals surface area contributed by atoms with E-state index in [1.54, 1.807) is 0 Å². The number of halogens is 1. The molecule has 0 unspecified atom stereocenters. The van der Waals surface area contributed by atoms with Gasteiger partial charge < -0.3 is 0 Å². The molecule has 0 aromatic heterocycles. The van der Waals surface area contributed by atoms with E-state index in [0.29, 0.717) is 18.2 Å². The summed E-state index contributed by atoms with van der Waals surface area (Å²) >= 11 is 5.54. The zero-order valence-electron chi connectivity index (χ0n) is 10.6. The largest absolute Gasteiger partial charge is 0.212 e. The summed E-state index contributed by atoms with van der Waals surface area (Å²) in [6.45, 7) is 2.00. The number of nitrogens with one attached hydrogen (secondary N) is 1. The molecule has 1 rings (SSSR count). The molecule has 102 valence electrons. The second-order valence-electron chi connectivity index (χ2n) is 5.02. The number of sulfonamides is 1. The van der Waals surface area contributed by atoms with Crippen molar-refractivity contribution < 1.29 is 8.42 Å². The highest BCUT2D eigenvalue weighted by Gasteiger charge is 2.23. The van der Waals surface area contributed by atoms with E-state index in [4.69, 9.17) is 11.6 Å². The molecule has 0 saturated heterocycles. The van der Waals surface area contributed by atoms with Crippen molar-refractivity contribution in [2.45, 2.75) is 57.9 Å². The second kappa shape index (κ2) is 7.59. The van der Waals surface area contributed by atoms with E-state index in [-0.39, 0.29) is 11.8 Å². The predicted molar refractivity (Wildman–Crippen MR) is 72.9 cm³/mol. The molecule has 1 fully saturated rings. The van der Waals surface area contributed by atoms with Crippen LogP contribution in [0.5, 0.6) is 0 Å². The highest BCUT2D eigenvalue weighted by molar-refractivity contribution is 7.89. The zero-order chi connectivity index (χ0) is 12.7. The van der Waals surface area contributed by atoms with E-state index in [9.17, 15) is 8.42 Å². The van der Waals surface area contributed by atoms with Gasteiger partial charge in [-0.3, -0.25) is 0 Å². The summed E-state index contributed by atoms with van der Waals surface area (Å²) < 4.78 is 26.4. The van der Waals surface area contributed by atoms with Crippen LogP contribution in [0.4, 0.5) is 0 Å². The van der Waals surface area contributed by atoms with E-state index in [0.717, 1.165) is 19.3 Å². The van der Waals surface area contributed by atoms with Crippen molar-refractivity contribution in [1.29, 1.82) is 0 Å². The van der Waals surface area contributed by atoms with Gasteiger partial charge in [-0.1, -0.05) is 19.3 Å². The Bertz CT molecular complexity index is 300. The van der Waals surface area contributed by atoms with Crippen LogP contribution < -0.4 is 4.72 Å². The van der Waals surface area contributed by atoms with Gasteiger partial charge in [-0.05, 0) is 38.5 Å². The van der Waals surface area contributed by atoms with Gasteiger partial charge in [-0.25, -0.2) is 13.1 Å². The van der Waals surface area contributed by atoms with Gasteiger partial charge in [-0.2, -0.15) is 0 Å². The lowest BCUT2D eigenvalue weighted by molar-refractivity contribution is 0.303. The Morgan fingerprint density at radius 1 is 1.24 bits per heavy atom. The lowest BCUT2D eigenvalue weighted by Gasteiger charge is -2.28. The molecule has 0 radical (unpaired) electrons. The van der Waals surface area contributed by atoms with E-state index in [1.165, 1.54) is 19.3 Å². The number of unbranched alkanes of at least 4 members (excludes halogenated alkanes) is 1. The fraction of sp³-hybridized carbons (Fsp3) is 1.00. The minimum Gasteiger partial charge on any atom is -0.212 e. The van der Waals surface area contributed by atoms with Crippen molar-refractivity contribution in [1.82, 2.24) is 4.72 Å². The zero-order valence-corrected chi connectivity index (χ0v) is 12.2. The van der Waals surface area contributed by atoms with Crippen molar-refractivity contribution in [3.05, 3.63) is 0 Å². The van der Waals surface area contributed by atoms with Gasteiger partial charge in [0.05, 0.1) is 5.75 Å². The van der Waals surface area contributed by atoms with Crippen molar-refractivity contribution in [3.8, 4) is 0 Å². The van der Waals surface area contributed by atoms with Crippen LogP contribution in [0, 0.1) is 5.92 Å². The molecule has 1 N–H and O–H groups in total. The summed E-state index contributed by atoms with van der Waals surface area (Å²) in [4.78, 5) is 0. The molecule has 0 spiro atoms. The first-order valence-corrected chi connectivity index (χ1v) is 8.80. The third kappa shape index (κ3) is 6.07. The topological polar surface area (TPSA) is 46.2 Å². The van der Waals surface area contributed by atoms with E-state index >= 15 is 0 Å². The van der Waals surface area contributed by atoms with Gasteiger partial charge in [0, 0.05) is 11.9 Å². The maximum absolute atomic E-state index is 11.8. The third-order valence-corrected chi connectivity index (χ3v) is 5.34. The molecule has 1 aliphatic rings. The quantitative estimate of drug-likeness (QED) is 0.576. The number of hydrogen-bond donors (Lipinski definition) is 1. The molecule has 1 saturated carbocycles. The molecule has 0 aromatic carbocycles. The third-order valence-electron chi connectivity index (χ3n) is 3.52. The SMILES string of the molecule is C[C@H](NS(=O)(=O)CCCCCl)C1CCCCC1. The van der Waals surface area contributed by atoms with Crippen molar-refractivity contribution >= 4 is 21.6 Å². The molecule has 3 nitrogen and oxygen atoms in total. The summed E-state index contributed by atoms with van der Waals surface area (Å²) in [5.74, 6) is 1.26. The van der Waals surface area contributed by atoms with Crippen LogP contribution in [-0.2, 0) is 10.0 Å². The molecule has 0 heterocycles. The Morgan fingerprint density at radius 2 is 1.88 bits per heavy atom. The first-order valence-electron chi connectivity index (χ1n) is 6.61. The fourth-order valence-electron chi connectivity index (χ4n) is 2.46. The highest BCUT2D eigenvalue weighted by Crippen LogP contribution is 2.26. The Hall–Kier alpha value is 0.200. The van der Waals surface area contributed by atoms with Crippen molar-refractivity contribution in [3.63, 3.8) is 0 Å². The molecule has 0 bridgehead atoms. The Morgan fingerprint density at radius 3 is 2.47 bits per heavy atom. The number of rotatable bonds is 7. The lowest BCUT2D eigenvalue weighted by atomic mass is 9.85. The van der Waals surface area contributed by atoms with Crippen molar-refractivity contribution in [2.24, 2.45) is 5.92 Å². The lowest BCUT2D eigenvalue weighted by Crippen LogP contribution is -2.40. The minimum absolute atomic E-state index is 0.0799. The van der Waals surface area contributed by atoms with E-state index in [2.05, 4.69) is 4.72 Å². The van der Waals surface area contributed by atoms with Crippen LogP contribution in [0.2, 0.25) is 0 Å². The number of hydrogen-bond acceptors (Lipinski definition) is 2. The standard InChI is InChI=1S/C12H24ClNO2S/c1-11(12-7-3-2-4-8-12)14-17(15,16)10-6-5-9-13/h11-12,14H,2-10H2,1H3/t11-/m0/s1. The van der Waals surface area contributed by atoms with Crippen molar-refractivity contribution in [2.75, 3.05) is 11.6 Å². The van der Waals surface area contributed by atoms with Gasteiger partial charge in [0.1, 0.15) is 0 Å². The smallest absolute Gasteiger partial charge is 0.211 e. The van der Waals surface area contributed by atoms with E-state index in [1.807, 2.05) is 6.92 Å². The average Bonchev–Trinajstić information content (AvgIpc) is 2.30.